The van der Waals surface area contributed by atoms with Gasteiger partial charge in [-0.1, -0.05) is 82.9 Å². The largest absolute Gasteiger partial charge is 0.445 e. The molecule has 0 bridgehead atoms. The van der Waals surface area contributed by atoms with Crippen molar-refractivity contribution in [3.63, 3.8) is 0 Å². The fourth-order valence-corrected chi connectivity index (χ4v) is 6.69. The summed E-state index contributed by atoms with van der Waals surface area (Å²) in [6.45, 7) is 9.85. The second-order valence-corrected chi connectivity index (χ2v) is 12.0. The minimum atomic E-state index is -4.00. The Morgan fingerprint density at radius 1 is 0.909 bits per heavy atom. The van der Waals surface area contributed by atoms with Gasteiger partial charge in [0.05, 0.1) is 4.90 Å². The molecule has 188 valence electrons. The molecule has 1 aliphatic rings. The number of sulfonamides is 1. The fraction of sp³-hybridized carbons (Fsp3) is 0.741. The number of nitrogens with one attached hydrogen (secondary N) is 1. The molecule has 2 rings (SSSR count). The van der Waals surface area contributed by atoms with Gasteiger partial charge in [0.15, 0.2) is 0 Å². The SMILES string of the molecule is Cc1cc(C)c(S(=O)(=O)NC(=O)OC2CCCCCCCCCCCC2CC(C)C)c(C)c1. The Morgan fingerprint density at radius 2 is 1.39 bits per heavy atom. The molecule has 2 atom stereocenters. The van der Waals surface area contributed by atoms with Crippen LogP contribution < -0.4 is 4.72 Å². The summed E-state index contributed by atoms with van der Waals surface area (Å²) < 4.78 is 34.1. The summed E-state index contributed by atoms with van der Waals surface area (Å²) in [5.74, 6) is 0.767. The average Bonchev–Trinajstić information content (AvgIpc) is 2.69. The Hall–Kier alpha value is -1.56. The van der Waals surface area contributed by atoms with Crippen molar-refractivity contribution < 1.29 is 17.9 Å². The molecular weight excluding hydrogens is 434 g/mol. The lowest BCUT2D eigenvalue weighted by Gasteiger charge is -2.29. The molecule has 1 aliphatic carbocycles. The number of rotatable bonds is 5. The standard InChI is InChI=1S/C27H45NO4S/c1-20(2)17-24-15-13-11-9-7-6-8-10-12-14-16-25(24)32-27(29)28-33(30,31)26-22(4)18-21(3)19-23(26)5/h18-20,24-25H,6-17H2,1-5H3,(H,28,29). The van der Waals surface area contributed by atoms with Crippen molar-refractivity contribution in [3.8, 4) is 0 Å². The summed E-state index contributed by atoms with van der Waals surface area (Å²) in [6, 6.07) is 3.64. The number of benzene rings is 1. The molecule has 0 saturated heterocycles. The number of hydrogen-bond acceptors (Lipinski definition) is 4. The van der Waals surface area contributed by atoms with Crippen LogP contribution in [-0.2, 0) is 14.8 Å². The normalized spacial score (nSPS) is 21.5. The molecule has 33 heavy (non-hydrogen) atoms. The van der Waals surface area contributed by atoms with Crippen LogP contribution in [0.1, 0.15) is 108 Å². The Morgan fingerprint density at radius 3 is 1.91 bits per heavy atom. The van der Waals surface area contributed by atoms with Crippen LogP contribution in [-0.4, -0.2) is 20.6 Å². The lowest BCUT2D eigenvalue weighted by atomic mass is 9.85. The molecule has 0 aliphatic heterocycles. The molecule has 1 fully saturated rings. The molecule has 1 aromatic carbocycles. The summed E-state index contributed by atoms with van der Waals surface area (Å²) in [6.07, 6.45) is 12.6. The minimum Gasteiger partial charge on any atom is -0.445 e. The molecule has 1 saturated carbocycles. The second kappa shape index (κ2) is 13.4. The number of hydrogen-bond donors (Lipinski definition) is 1. The van der Waals surface area contributed by atoms with Crippen LogP contribution in [0.2, 0.25) is 0 Å². The Labute approximate surface area is 202 Å². The maximum Gasteiger partial charge on any atom is 0.421 e. The summed E-state index contributed by atoms with van der Waals surface area (Å²) in [5, 5.41) is 0. The van der Waals surface area contributed by atoms with E-state index < -0.39 is 16.1 Å². The van der Waals surface area contributed by atoms with Gasteiger partial charge in [0, 0.05) is 0 Å². The minimum absolute atomic E-state index is 0.165. The average molecular weight is 480 g/mol. The van der Waals surface area contributed by atoms with Crippen molar-refractivity contribution in [3.05, 3.63) is 28.8 Å². The fourth-order valence-electron chi connectivity index (χ4n) is 5.35. The Balaban J connectivity index is 2.16. The third-order valence-corrected chi connectivity index (χ3v) is 8.33. The highest BCUT2D eigenvalue weighted by Crippen LogP contribution is 2.29. The molecule has 0 spiro atoms. The Bertz CT molecular complexity index is 840. The van der Waals surface area contributed by atoms with Gasteiger partial charge in [0.25, 0.3) is 10.0 Å². The van der Waals surface area contributed by atoms with E-state index >= 15 is 0 Å². The first-order valence-electron chi connectivity index (χ1n) is 12.9. The predicted molar refractivity (Wildman–Crippen MR) is 135 cm³/mol. The molecule has 2 unspecified atom stereocenters. The number of ether oxygens (including phenoxy) is 1. The molecular formula is C27H45NO4S. The van der Waals surface area contributed by atoms with Crippen LogP contribution in [0.15, 0.2) is 17.0 Å². The lowest BCUT2D eigenvalue weighted by molar-refractivity contribution is 0.0465. The van der Waals surface area contributed by atoms with E-state index in [-0.39, 0.29) is 16.9 Å². The van der Waals surface area contributed by atoms with Crippen molar-refractivity contribution in [2.75, 3.05) is 0 Å². The summed E-state index contributed by atoms with van der Waals surface area (Å²) in [5.41, 5.74) is 2.26. The van der Waals surface area contributed by atoms with Crippen LogP contribution >= 0.6 is 0 Å². The summed E-state index contributed by atoms with van der Waals surface area (Å²) >= 11 is 0. The van der Waals surface area contributed by atoms with Gasteiger partial charge in [-0.2, -0.15) is 0 Å². The monoisotopic (exact) mass is 479 g/mol. The first kappa shape index (κ1) is 27.7. The van der Waals surface area contributed by atoms with E-state index in [2.05, 4.69) is 18.6 Å². The number of carbonyl (C=O) groups is 1. The van der Waals surface area contributed by atoms with E-state index in [1.165, 1.54) is 38.5 Å². The van der Waals surface area contributed by atoms with Crippen LogP contribution in [0.3, 0.4) is 0 Å². The Kier molecular flexibility index (Phi) is 11.2. The highest BCUT2D eigenvalue weighted by molar-refractivity contribution is 7.90. The van der Waals surface area contributed by atoms with Gasteiger partial charge in [-0.05, 0) is 69.4 Å². The van der Waals surface area contributed by atoms with Crippen molar-refractivity contribution in [2.24, 2.45) is 11.8 Å². The summed E-state index contributed by atoms with van der Waals surface area (Å²) in [4.78, 5) is 13.0. The predicted octanol–water partition coefficient (Wildman–Crippen LogP) is 7.36. The van der Waals surface area contributed by atoms with E-state index in [9.17, 15) is 13.2 Å². The summed E-state index contributed by atoms with van der Waals surface area (Å²) in [7, 11) is -4.00. The molecule has 1 amide bonds. The quantitative estimate of drug-likeness (QED) is 0.479. The highest BCUT2D eigenvalue weighted by atomic mass is 32.2. The van der Waals surface area contributed by atoms with E-state index in [1.807, 2.05) is 19.1 Å². The molecule has 1 aromatic rings. The van der Waals surface area contributed by atoms with Crippen LogP contribution in [0, 0.1) is 32.6 Å². The number of aryl methyl sites for hydroxylation is 3. The van der Waals surface area contributed by atoms with Crippen LogP contribution in [0.5, 0.6) is 0 Å². The smallest absolute Gasteiger partial charge is 0.421 e. The van der Waals surface area contributed by atoms with E-state index in [0.29, 0.717) is 17.0 Å². The van der Waals surface area contributed by atoms with E-state index in [1.54, 1.807) is 13.8 Å². The van der Waals surface area contributed by atoms with Crippen LogP contribution in [0.4, 0.5) is 4.79 Å². The zero-order valence-electron chi connectivity index (χ0n) is 21.4. The van der Waals surface area contributed by atoms with Crippen molar-refractivity contribution in [1.82, 2.24) is 4.72 Å². The molecule has 0 heterocycles. The first-order valence-corrected chi connectivity index (χ1v) is 14.4. The molecule has 0 aromatic heterocycles. The van der Waals surface area contributed by atoms with Gasteiger partial charge in [-0.3, -0.25) is 0 Å². The first-order chi connectivity index (χ1) is 15.6. The van der Waals surface area contributed by atoms with Gasteiger partial charge in [0.2, 0.25) is 0 Å². The lowest BCUT2D eigenvalue weighted by Crippen LogP contribution is -2.37. The third-order valence-electron chi connectivity index (χ3n) is 6.71. The van der Waals surface area contributed by atoms with Crippen molar-refractivity contribution >= 4 is 16.1 Å². The van der Waals surface area contributed by atoms with Crippen molar-refractivity contribution in [2.45, 2.75) is 123 Å². The van der Waals surface area contributed by atoms with Crippen LogP contribution in [0.25, 0.3) is 0 Å². The topological polar surface area (TPSA) is 72.5 Å². The molecule has 5 nitrogen and oxygen atoms in total. The maximum atomic E-state index is 13.0. The highest BCUT2D eigenvalue weighted by Gasteiger charge is 2.29. The van der Waals surface area contributed by atoms with E-state index in [0.717, 1.165) is 44.1 Å². The van der Waals surface area contributed by atoms with Crippen molar-refractivity contribution in [1.29, 1.82) is 0 Å². The third kappa shape index (κ3) is 9.30. The molecule has 6 heteroatoms. The maximum absolute atomic E-state index is 13.0. The zero-order valence-corrected chi connectivity index (χ0v) is 22.2. The van der Waals surface area contributed by atoms with Gasteiger partial charge >= 0.3 is 6.09 Å². The number of amides is 1. The molecule has 1 N–H and O–H groups in total. The van der Waals surface area contributed by atoms with E-state index in [4.69, 9.17) is 4.74 Å². The molecule has 0 radical (unpaired) electrons. The van der Waals surface area contributed by atoms with Gasteiger partial charge in [0.1, 0.15) is 6.10 Å². The van der Waals surface area contributed by atoms with Gasteiger partial charge in [-0.15, -0.1) is 0 Å². The van der Waals surface area contributed by atoms with Gasteiger partial charge < -0.3 is 4.74 Å². The zero-order chi connectivity index (χ0) is 24.4. The second-order valence-electron chi connectivity index (χ2n) is 10.4. The number of carbonyl (C=O) groups excluding carboxylic acids is 1. The van der Waals surface area contributed by atoms with Gasteiger partial charge in [-0.25, -0.2) is 17.9 Å².